The lowest BCUT2D eigenvalue weighted by molar-refractivity contribution is -0.134. The molecule has 0 spiro atoms. The molecule has 2 aromatic rings. The Kier molecular flexibility index (Phi) is 3.41. The summed E-state index contributed by atoms with van der Waals surface area (Å²) in [5.74, 6) is -0.268. The normalized spacial score (nSPS) is 25.1. The molecule has 120 valence electrons. The number of aryl methyl sites for hydroxylation is 1. The molecule has 6 heteroatoms. The summed E-state index contributed by atoms with van der Waals surface area (Å²) in [4.78, 5) is 23.6. The highest BCUT2D eigenvalue weighted by Crippen LogP contribution is 2.35. The average Bonchev–Trinajstić information content (AvgIpc) is 3.16. The highest BCUT2D eigenvalue weighted by Gasteiger charge is 2.32. The van der Waals surface area contributed by atoms with Crippen LogP contribution >= 0.6 is 0 Å². The van der Waals surface area contributed by atoms with E-state index in [-0.39, 0.29) is 17.7 Å². The van der Waals surface area contributed by atoms with Crippen molar-refractivity contribution in [1.82, 2.24) is 20.4 Å². The van der Waals surface area contributed by atoms with E-state index >= 15 is 0 Å². The van der Waals surface area contributed by atoms with Crippen molar-refractivity contribution in [1.29, 1.82) is 0 Å². The maximum atomic E-state index is 12.2. The standard InChI is InChI=1S/C17H20N4O2/c1-21-16-11(10-7-8-18-9-10)3-2-4-12(16)15(20-21)13-5-6-14(22)19-17(13)23/h2-4,10,13,18H,5-9H2,1H3,(H,19,22,23). The van der Waals surface area contributed by atoms with E-state index in [1.165, 1.54) is 5.56 Å². The van der Waals surface area contributed by atoms with Gasteiger partial charge in [-0.15, -0.1) is 0 Å². The van der Waals surface area contributed by atoms with Crippen LogP contribution in [-0.2, 0) is 16.6 Å². The van der Waals surface area contributed by atoms with Gasteiger partial charge in [0.15, 0.2) is 0 Å². The number of para-hydroxylation sites is 1. The topological polar surface area (TPSA) is 76.0 Å². The number of aromatic nitrogens is 2. The van der Waals surface area contributed by atoms with E-state index in [1.54, 1.807) is 0 Å². The Morgan fingerprint density at radius 1 is 1.26 bits per heavy atom. The van der Waals surface area contributed by atoms with Crippen LogP contribution in [0.5, 0.6) is 0 Å². The van der Waals surface area contributed by atoms with Crippen molar-refractivity contribution in [3.63, 3.8) is 0 Å². The van der Waals surface area contributed by atoms with Crippen molar-refractivity contribution in [3.05, 3.63) is 29.5 Å². The second-order valence-electron chi connectivity index (χ2n) is 6.45. The monoisotopic (exact) mass is 312 g/mol. The zero-order valence-corrected chi connectivity index (χ0v) is 13.1. The van der Waals surface area contributed by atoms with Gasteiger partial charge in [0.25, 0.3) is 0 Å². The zero-order valence-electron chi connectivity index (χ0n) is 13.1. The maximum Gasteiger partial charge on any atom is 0.235 e. The molecule has 2 aliphatic heterocycles. The van der Waals surface area contributed by atoms with Crippen LogP contribution in [0, 0.1) is 0 Å². The van der Waals surface area contributed by atoms with E-state index in [2.05, 4.69) is 21.8 Å². The predicted octanol–water partition coefficient (Wildman–Crippen LogP) is 1.17. The van der Waals surface area contributed by atoms with E-state index in [4.69, 9.17) is 0 Å². The maximum absolute atomic E-state index is 12.2. The molecule has 1 aromatic heterocycles. The third-order valence-corrected chi connectivity index (χ3v) is 4.99. The summed E-state index contributed by atoms with van der Waals surface area (Å²) in [6, 6.07) is 6.25. The lowest BCUT2D eigenvalue weighted by atomic mass is 9.90. The smallest absolute Gasteiger partial charge is 0.235 e. The number of nitrogens with one attached hydrogen (secondary N) is 2. The molecule has 0 radical (unpaired) electrons. The molecule has 2 unspecified atom stereocenters. The summed E-state index contributed by atoms with van der Waals surface area (Å²) < 4.78 is 1.89. The molecular formula is C17H20N4O2. The molecule has 6 nitrogen and oxygen atoms in total. The van der Waals surface area contributed by atoms with E-state index in [9.17, 15) is 9.59 Å². The minimum Gasteiger partial charge on any atom is -0.316 e. The minimum absolute atomic E-state index is 0.191. The second-order valence-corrected chi connectivity index (χ2v) is 6.45. The average molecular weight is 312 g/mol. The number of fused-ring (bicyclic) bond motifs is 1. The van der Waals surface area contributed by atoms with Gasteiger partial charge in [0.2, 0.25) is 11.8 Å². The number of carbonyl (C=O) groups is 2. The summed E-state index contributed by atoms with van der Waals surface area (Å²) in [5, 5.41) is 11.5. The second kappa shape index (κ2) is 5.45. The summed E-state index contributed by atoms with van der Waals surface area (Å²) in [6.45, 7) is 2.02. The highest BCUT2D eigenvalue weighted by atomic mass is 16.2. The molecule has 0 aliphatic carbocycles. The zero-order chi connectivity index (χ0) is 16.0. The summed E-state index contributed by atoms with van der Waals surface area (Å²) in [7, 11) is 1.93. The van der Waals surface area contributed by atoms with Crippen molar-refractivity contribution in [2.24, 2.45) is 7.05 Å². The molecule has 2 fully saturated rings. The number of benzene rings is 1. The molecule has 2 amide bonds. The van der Waals surface area contributed by atoms with Gasteiger partial charge in [-0.3, -0.25) is 19.6 Å². The van der Waals surface area contributed by atoms with Gasteiger partial charge in [-0.05, 0) is 30.9 Å². The first kappa shape index (κ1) is 14.4. The molecule has 2 atom stereocenters. The van der Waals surface area contributed by atoms with Gasteiger partial charge >= 0.3 is 0 Å². The van der Waals surface area contributed by atoms with Gasteiger partial charge in [0.05, 0.1) is 17.1 Å². The van der Waals surface area contributed by atoms with Gasteiger partial charge in [0.1, 0.15) is 0 Å². The fourth-order valence-corrected chi connectivity index (χ4v) is 3.86. The number of carbonyl (C=O) groups excluding carboxylic acids is 2. The Morgan fingerprint density at radius 2 is 2.13 bits per heavy atom. The van der Waals surface area contributed by atoms with E-state index in [1.807, 2.05) is 23.9 Å². The number of hydrogen-bond donors (Lipinski definition) is 2. The number of rotatable bonds is 2. The SMILES string of the molecule is Cn1nc(C2CCC(=O)NC2=O)c2cccc(C3CCNC3)c21. The Morgan fingerprint density at radius 3 is 2.87 bits per heavy atom. The Hall–Kier alpha value is -2.21. The molecule has 23 heavy (non-hydrogen) atoms. The highest BCUT2D eigenvalue weighted by molar-refractivity contribution is 6.02. The van der Waals surface area contributed by atoms with Gasteiger partial charge in [-0.1, -0.05) is 18.2 Å². The summed E-state index contributed by atoms with van der Waals surface area (Å²) in [5.41, 5.74) is 3.20. The third kappa shape index (κ3) is 2.34. The number of imide groups is 1. The number of nitrogens with zero attached hydrogens (tertiary/aromatic N) is 2. The minimum atomic E-state index is -0.339. The van der Waals surface area contributed by atoms with Crippen molar-refractivity contribution < 1.29 is 9.59 Å². The van der Waals surface area contributed by atoms with Crippen LogP contribution in [0.4, 0.5) is 0 Å². The van der Waals surface area contributed by atoms with Crippen LogP contribution in [0.15, 0.2) is 18.2 Å². The van der Waals surface area contributed by atoms with E-state index in [0.717, 1.165) is 36.1 Å². The molecule has 2 saturated heterocycles. The first-order valence-electron chi connectivity index (χ1n) is 8.15. The molecule has 4 rings (SSSR count). The van der Waals surface area contributed by atoms with Gasteiger partial charge in [-0.2, -0.15) is 5.10 Å². The van der Waals surface area contributed by atoms with Crippen molar-refractivity contribution in [2.75, 3.05) is 13.1 Å². The Labute approximate surface area is 134 Å². The van der Waals surface area contributed by atoms with Crippen LogP contribution in [0.1, 0.15) is 42.4 Å². The van der Waals surface area contributed by atoms with Gasteiger partial charge < -0.3 is 5.32 Å². The number of piperidine rings is 1. The van der Waals surface area contributed by atoms with Crippen LogP contribution in [0.25, 0.3) is 10.9 Å². The van der Waals surface area contributed by atoms with Crippen LogP contribution in [0.2, 0.25) is 0 Å². The van der Waals surface area contributed by atoms with Crippen molar-refractivity contribution >= 4 is 22.7 Å². The Bertz CT molecular complexity index is 789. The van der Waals surface area contributed by atoms with Crippen molar-refractivity contribution in [2.45, 2.75) is 31.1 Å². The quantitative estimate of drug-likeness (QED) is 0.816. The first-order chi connectivity index (χ1) is 11.1. The number of amides is 2. The van der Waals surface area contributed by atoms with Crippen LogP contribution in [-0.4, -0.2) is 34.7 Å². The van der Waals surface area contributed by atoms with Gasteiger partial charge in [-0.25, -0.2) is 0 Å². The lowest BCUT2D eigenvalue weighted by Crippen LogP contribution is -2.39. The Balaban J connectivity index is 1.81. The fraction of sp³-hybridized carbons (Fsp3) is 0.471. The lowest BCUT2D eigenvalue weighted by Gasteiger charge is -2.19. The van der Waals surface area contributed by atoms with Crippen LogP contribution in [0.3, 0.4) is 0 Å². The third-order valence-electron chi connectivity index (χ3n) is 4.99. The van der Waals surface area contributed by atoms with E-state index in [0.29, 0.717) is 18.8 Å². The summed E-state index contributed by atoms with van der Waals surface area (Å²) in [6.07, 6.45) is 2.03. The molecule has 2 aliphatic rings. The number of hydrogen-bond acceptors (Lipinski definition) is 4. The molecule has 1 aromatic carbocycles. The predicted molar refractivity (Wildman–Crippen MR) is 86.1 cm³/mol. The molecule has 0 bridgehead atoms. The van der Waals surface area contributed by atoms with Crippen molar-refractivity contribution in [3.8, 4) is 0 Å². The molecular weight excluding hydrogens is 292 g/mol. The summed E-state index contributed by atoms with van der Waals surface area (Å²) >= 11 is 0. The molecule has 2 N–H and O–H groups in total. The van der Waals surface area contributed by atoms with E-state index < -0.39 is 0 Å². The van der Waals surface area contributed by atoms with Crippen LogP contribution < -0.4 is 10.6 Å². The first-order valence-corrected chi connectivity index (χ1v) is 8.15. The molecule has 0 saturated carbocycles. The fourth-order valence-electron chi connectivity index (χ4n) is 3.86. The largest absolute Gasteiger partial charge is 0.316 e. The van der Waals surface area contributed by atoms with Gasteiger partial charge in [0, 0.05) is 25.4 Å². The molecule has 3 heterocycles.